The van der Waals surface area contributed by atoms with Crippen molar-refractivity contribution in [2.24, 2.45) is 0 Å². The molecule has 0 saturated heterocycles. The predicted octanol–water partition coefficient (Wildman–Crippen LogP) is 3.30. The minimum Gasteiger partial charge on any atom is -0.348 e. The molecular weight excluding hydrogens is 414 g/mol. The molecule has 0 saturated carbocycles. The molecule has 0 aliphatic carbocycles. The van der Waals surface area contributed by atoms with Gasteiger partial charge < -0.3 is 10.6 Å². The minimum atomic E-state index is -3.85. The van der Waals surface area contributed by atoms with Gasteiger partial charge in [0.15, 0.2) is 0 Å². The molecule has 0 aliphatic heterocycles. The first-order valence-corrected chi connectivity index (χ1v) is 11.2. The third kappa shape index (κ3) is 5.28. The lowest BCUT2D eigenvalue weighted by Gasteiger charge is -2.20. The summed E-state index contributed by atoms with van der Waals surface area (Å²) in [6.45, 7) is 2.93. The largest absolute Gasteiger partial charge is 0.348 e. The van der Waals surface area contributed by atoms with Gasteiger partial charge in [0.2, 0.25) is 21.8 Å². The molecule has 162 valence electrons. The molecule has 0 bridgehead atoms. The summed E-state index contributed by atoms with van der Waals surface area (Å²) < 4.78 is 26.6. The van der Waals surface area contributed by atoms with E-state index >= 15 is 0 Å². The minimum absolute atomic E-state index is 0.0407. The van der Waals surface area contributed by atoms with Gasteiger partial charge in [-0.15, -0.1) is 0 Å². The monoisotopic (exact) mass is 439 g/mol. The second-order valence-corrected chi connectivity index (χ2v) is 9.37. The Hall–Kier alpha value is -3.23. The molecule has 2 amide bonds. The number of fused-ring (bicyclic) bond motifs is 1. The summed E-state index contributed by atoms with van der Waals surface area (Å²) in [5, 5.41) is 7.58. The van der Waals surface area contributed by atoms with E-state index in [1.807, 2.05) is 49.4 Å². The van der Waals surface area contributed by atoms with Crippen molar-refractivity contribution in [3.8, 4) is 0 Å². The van der Waals surface area contributed by atoms with Crippen molar-refractivity contribution in [2.75, 3.05) is 18.9 Å². The second kappa shape index (κ2) is 9.28. The van der Waals surface area contributed by atoms with Crippen LogP contribution in [0.1, 0.15) is 25.5 Å². The number of hydrogen-bond acceptors (Lipinski definition) is 4. The Morgan fingerprint density at radius 3 is 2.29 bits per heavy atom. The molecule has 2 N–H and O–H groups in total. The molecule has 0 aliphatic rings. The normalized spacial score (nSPS) is 12.5. The Labute approximate surface area is 182 Å². The van der Waals surface area contributed by atoms with E-state index in [4.69, 9.17) is 0 Å². The molecular formula is C23H25N3O4S. The van der Waals surface area contributed by atoms with E-state index in [0.29, 0.717) is 5.69 Å². The lowest BCUT2D eigenvalue weighted by molar-refractivity contribution is -0.121. The Bertz CT molecular complexity index is 1200. The van der Waals surface area contributed by atoms with E-state index in [9.17, 15) is 18.0 Å². The topological polar surface area (TPSA) is 95.6 Å². The molecule has 1 atom stereocenters. The van der Waals surface area contributed by atoms with Crippen molar-refractivity contribution in [3.63, 3.8) is 0 Å². The summed E-state index contributed by atoms with van der Waals surface area (Å²) in [5.41, 5.74) is 1.46. The van der Waals surface area contributed by atoms with E-state index in [1.54, 1.807) is 0 Å². The van der Waals surface area contributed by atoms with Crippen molar-refractivity contribution >= 4 is 38.3 Å². The van der Waals surface area contributed by atoms with Crippen molar-refractivity contribution in [2.45, 2.75) is 24.8 Å². The van der Waals surface area contributed by atoms with Crippen LogP contribution in [0.5, 0.6) is 0 Å². The van der Waals surface area contributed by atoms with E-state index in [1.165, 1.54) is 38.2 Å². The number of sulfonamides is 1. The van der Waals surface area contributed by atoms with E-state index in [0.717, 1.165) is 20.6 Å². The molecule has 31 heavy (non-hydrogen) atoms. The van der Waals surface area contributed by atoms with Crippen LogP contribution in [0.4, 0.5) is 5.69 Å². The van der Waals surface area contributed by atoms with Gasteiger partial charge in [-0.3, -0.25) is 9.59 Å². The zero-order chi connectivity index (χ0) is 22.6. The van der Waals surface area contributed by atoms with Gasteiger partial charge in [0.1, 0.15) is 0 Å². The van der Waals surface area contributed by atoms with Gasteiger partial charge in [-0.05, 0) is 47.5 Å². The van der Waals surface area contributed by atoms with Gasteiger partial charge in [0, 0.05) is 19.7 Å². The van der Waals surface area contributed by atoms with Crippen LogP contribution in [0.3, 0.4) is 0 Å². The molecule has 3 rings (SSSR count). The van der Waals surface area contributed by atoms with Crippen LogP contribution >= 0.6 is 0 Å². The summed E-state index contributed by atoms with van der Waals surface area (Å²) in [6.07, 6.45) is 0. The lowest BCUT2D eigenvalue weighted by Crippen LogP contribution is -2.39. The maximum Gasteiger partial charge on any atom is 0.243 e. The van der Waals surface area contributed by atoms with Gasteiger partial charge in [-0.25, -0.2) is 8.42 Å². The highest BCUT2D eigenvalue weighted by atomic mass is 32.2. The summed E-state index contributed by atoms with van der Waals surface area (Å²) in [4.78, 5) is 23.7. The third-order valence-electron chi connectivity index (χ3n) is 4.92. The number of rotatable bonds is 7. The maximum absolute atomic E-state index is 12.8. The highest BCUT2D eigenvalue weighted by molar-refractivity contribution is 7.89. The van der Waals surface area contributed by atoms with Gasteiger partial charge in [0.25, 0.3) is 0 Å². The number of carbonyl (C=O) groups excluding carboxylic acids is 2. The Balaban J connectivity index is 1.68. The first-order valence-electron chi connectivity index (χ1n) is 9.79. The van der Waals surface area contributed by atoms with Crippen LogP contribution in [0.15, 0.2) is 71.6 Å². The fourth-order valence-electron chi connectivity index (χ4n) is 3.37. The molecule has 7 nitrogen and oxygen atoms in total. The Morgan fingerprint density at radius 2 is 1.61 bits per heavy atom. The summed E-state index contributed by atoms with van der Waals surface area (Å²) >= 11 is 0. The molecule has 0 fully saturated rings. The second-order valence-electron chi connectivity index (χ2n) is 7.32. The Morgan fingerprint density at radius 1 is 0.968 bits per heavy atom. The molecule has 0 radical (unpaired) electrons. The van der Waals surface area contributed by atoms with Crippen LogP contribution in [-0.2, 0) is 19.6 Å². The zero-order valence-corrected chi connectivity index (χ0v) is 18.4. The number of hydrogen-bond donors (Lipinski definition) is 2. The average Bonchev–Trinajstić information content (AvgIpc) is 2.73. The number of nitrogens with one attached hydrogen (secondary N) is 2. The van der Waals surface area contributed by atoms with Gasteiger partial charge >= 0.3 is 0 Å². The number of benzene rings is 3. The number of likely N-dealkylation sites (N-methyl/N-ethyl adjacent to an activating group) is 1. The van der Waals surface area contributed by atoms with Crippen molar-refractivity contribution < 1.29 is 18.0 Å². The van der Waals surface area contributed by atoms with E-state index in [-0.39, 0.29) is 23.4 Å². The van der Waals surface area contributed by atoms with Crippen molar-refractivity contribution in [1.29, 1.82) is 0 Å². The average molecular weight is 440 g/mol. The fraction of sp³-hybridized carbons (Fsp3) is 0.217. The number of amides is 2. The molecule has 0 spiro atoms. The van der Waals surface area contributed by atoms with Crippen molar-refractivity contribution in [1.82, 2.24) is 9.62 Å². The molecule has 3 aromatic rings. The first-order chi connectivity index (χ1) is 14.7. The molecule has 0 heterocycles. The standard InChI is InChI=1S/C23H25N3O4S/c1-16(21-10-6-8-18-7-4-5-9-22(18)21)24-23(28)15-26(3)31(29,30)20-13-11-19(12-14-20)25-17(2)27/h4-14,16H,15H2,1-3H3,(H,24,28)(H,25,27). The van der Waals surface area contributed by atoms with Gasteiger partial charge in [-0.2, -0.15) is 4.31 Å². The molecule has 1 unspecified atom stereocenters. The summed E-state index contributed by atoms with van der Waals surface area (Å²) in [5.74, 6) is -0.647. The molecule has 3 aromatic carbocycles. The third-order valence-corrected chi connectivity index (χ3v) is 6.73. The zero-order valence-electron chi connectivity index (χ0n) is 17.6. The summed E-state index contributed by atoms with van der Waals surface area (Å²) in [7, 11) is -2.49. The highest BCUT2D eigenvalue weighted by Gasteiger charge is 2.24. The number of nitrogens with zero attached hydrogens (tertiary/aromatic N) is 1. The molecule has 0 aromatic heterocycles. The smallest absolute Gasteiger partial charge is 0.243 e. The first kappa shape index (κ1) is 22.5. The lowest BCUT2D eigenvalue weighted by atomic mass is 10.00. The number of carbonyl (C=O) groups is 2. The van der Waals surface area contributed by atoms with Crippen LogP contribution in [0.25, 0.3) is 10.8 Å². The predicted molar refractivity (Wildman–Crippen MR) is 121 cm³/mol. The van der Waals surface area contributed by atoms with Gasteiger partial charge in [-0.1, -0.05) is 42.5 Å². The molecule has 8 heteroatoms. The van der Waals surface area contributed by atoms with Crippen LogP contribution in [0.2, 0.25) is 0 Å². The van der Waals surface area contributed by atoms with Crippen molar-refractivity contribution in [3.05, 3.63) is 72.3 Å². The van der Waals surface area contributed by atoms with Crippen LogP contribution in [-0.4, -0.2) is 38.1 Å². The fourth-order valence-corrected chi connectivity index (χ4v) is 4.50. The quantitative estimate of drug-likeness (QED) is 0.590. The van der Waals surface area contributed by atoms with E-state index < -0.39 is 15.9 Å². The SMILES string of the molecule is CC(=O)Nc1ccc(S(=O)(=O)N(C)CC(=O)NC(C)c2cccc3ccccc23)cc1. The highest BCUT2D eigenvalue weighted by Crippen LogP contribution is 2.24. The van der Waals surface area contributed by atoms with Crippen LogP contribution < -0.4 is 10.6 Å². The summed E-state index contributed by atoms with van der Waals surface area (Å²) in [6, 6.07) is 19.3. The van der Waals surface area contributed by atoms with E-state index in [2.05, 4.69) is 10.6 Å². The maximum atomic E-state index is 12.8. The van der Waals surface area contributed by atoms with Crippen LogP contribution in [0, 0.1) is 0 Å². The number of anilines is 1. The van der Waals surface area contributed by atoms with Gasteiger partial charge in [0.05, 0.1) is 17.5 Å². The Kier molecular flexibility index (Phi) is 6.72.